The van der Waals surface area contributed by atoms with E-state index in [0.717, 1.165) is 22.7 Å². The zero-order valence-electron chi connectivity index (χ0n) is 17.2. The first-order chi connectivity index (χ1) is 14.6. The van der Waals surface area contributed by atoms with E-state index in [1.807, 2.05) is 59.3 Å². The van der Waals surface area contributed by atoms with Gasteiger partial charge in [-0.15, -0.1) is 10.2 Å². The van der Waals surface area contributed by atoms with Gasteiger partial charge < -0.3 is 15.5 Å². The molecule has 8 heteroatoms. The van der Waals surface area contributed by atoms with Crippen molar-refractivity contribution in [3.8, 4) is 17.1 Å². The largest absolute Gasteiger partial charge is 0.497 e. The molecule has 1 aliphatic heterocycles. The van der Waals surface area contributed by atoms with E-state index >= 15 is 0 Å². The molecule has 0 unspecified atom stereocenters. The number of methoxy groups -OCH3 is 1. The summed E-state index contributed by atoms with van der Waals surface area (Å²) in [6.07, 6.45) is 0. The first-order valence-corrected chi connectivity index (χ1v) is 10.8. The van der Waals surface area contributed by atoms with Crippen LogP contribution in [0.5, 0.6) is 5.75 Å². The average Bonchev–Trinajstić information content (AvgIpc) is 3.20. The Kier molecular flexibility index (Phi) is 5.94. The summed E-state index contributed by atoms with van der Waals surface area (Å²) >= 11 is 1.43. The fraction of sp³-hybridized carbons (Fsp3) is 0.318. The molecule has 0 saturated carbocycles. The first-order valence-electron chi connectivity index (χ1n) is 9.92. The van der Waals surface area contributed by atoms with Gasteiger partial charge >= 0.3 is 0 Å². The molecule has 1 amide bonds. The van der Waals surface area contributed by atoms with Crippen molar-refractivity contribution in [2.24, 2.45) is 5.92 Å². The highest BCUT2D eigenvalue weighted by atomic mass is 32.2. The van der Waals surface area contributed by atoms with Crippen LogP contribution in [0.1, 0.15) is 25.5 Å². The third kappa shape index (κ3) is 4.14. The molecule has 1 aliphatic rings. The smallest absolute Gasteiger partial charge is 0.236 e. The van der Waals surface area contributed by atoms with E-state index in [9.17, 15) is 4.79 Å². The molecular weight excluding hydrogens is 398 g/mol. The average molecular weight is 424 g/mol. The normalized spacial score (nSPS) is 17.9. The molecule has 0 bridgehead atoms. The summed E-state index contributed by atoms with van der Waals surface area (Å²) < 4.78 is 7.16. The maximum atomic E-state index is 13.0. The van der Waals surface area contributed by atoms with Gasteiger partial charge in [-0.1, -0.05) is 68.1 Å². The van der Waals surface area contributed by atoms with Crippen LogP contribution in [-0.4, -0.2) is 39.7 Å². The standard InChI is InChI=1S/C22H25N5O2S/c1-14(2)13-23-21(28)19-18(15-9-11-17(29-3)12-10-15)26-27-20(24-25-22(27)30-19)16-7-5-4-6-8-16/h4-12,14,18-19,26H,13H2,1-3H3,(H,23,28)/t18-,19+/m1/s1. The van der Waals surface area contributed by atoms with Crippen molar-refractivity contribution >= 4 is 17.7 Å². The molecule has 0 aliphatic carbocycles. The Bertz CT molecular complexity index is 1000. The summed E-state index contributed by atoms with van der Waals surface area (Å²) in [5.41, 5.74) is 5.44. The minimum absolute atomic E-state index is 0.0162. The van der Waals surface area contributed by atoms with Gasteiger partial charge in [0, 0.05) is 12.1 Å². The van der Waals surface area contributed by atoms with Crippen LogP contribution in [0, 0.1) is 5.92 Å². The third-order valence-electron chi connectivity index (χ3n) is 4.89. The molecule has 2 heterocycles. The maximum Gasteiger partial charge on any atom is 0.236 e. The summed E-state index contributed by atoms with van der Waals surface area (Å²) in [4.78, 5) is 13.0. The summed E-state index contributed by atoms with van der Waals surface area (Å²) in [7, 11) is 1.64. The lowest BCUT2D eigenvalue weighted by atomic mass is 10.0. The van der Waals surface area contributed by atoms with Gasteiger partial charge in [-0.3, -0.25) is 4.79 Å². The number of thioether (sulfide) groups is 1. The third-order valence-corrected chi connectivity index (χ3v) is 6.10. The Morgan fingerprint density at radius 1 is 1.17 bits per heavy atom. The first kappa shape index (κ1) is 20.3. The summed E-state index contributed by atoms with van der Waals surface area (Å²) in [5.74, 6) is 1.86. The highest BCUT2D eigenvalue weighted by molar-refractivity contribution is 8.00. The van der Waals surface area contributed by atoms with Crippen LogP contribution < -0.4 is 15.5 Å². The van der Waals surface area contributed by atoms with Crippen molar-refractivity contribution in [2.45, 2.75) is 30.3 Å². The van der Waals surface area contributed by atoms with E-state index in [1.54, 1.807) is 7.11 Å². The number of rotatable bonds is 6. The van der Waals surface area contributed by atoms with Gasteiger partial charge in [0.2, 0.25) is 11.1 Å². The Morgan fingerprint density at radius 2 is 1.90 bits per heavy atom. The van der Waals surface area contributed by atoms with Crippen LogP contribution in [0.2, 0.25) is 0 Å². The quantitative estimate of drug-likeness (QED) is 0.632. The zero-order chi connectivity index (χ0) is 21.1. The van der Waals surface area contributed by atoms with Crippen LogP contribution in [0.4, 0.5) is 0 Å². The molecular formula is C22H25N5O2S. The van der Waals surface area contributed by atoms with Gasteiger partial charge in [-0.05, 0) is 23.6 Å². The van der Waals surface area contributed by atoms with E-state index in [0.29, 0.717) is 17.6 Å². The van der Waals surface area contributed by atoms with Crippen molar-refractivity contribution in [3.63, 3.8) is 0 Å². The van der Waals surface area contributed by atoms with Crippen molar-refractivity contribution in [3.05, 3.63) is 60.2 Å². The number of hydrogen-bond donors (Lipinski definition) is 2. The number of hydrogen-bond acceptors (Lipinski definition) is 6. The molecule has 2 aromatic carbocycles. The second-order valence-corrected chi connectivity index (χ2v) is 8.67. The number of nitrogens with one attached hydrogen (secondary N) is 2. The molecule has 0 fully saturated rings. The van der Waals surface area contributed by atoms with Gasteiger partial charge in [0.1, 0.15) is 11.0 Å². The lowest BCUT2D eigenvalue weighted by Crippen LogP contribution is -2.44. The van der Waals surface area contributed by atoms with Gasteiger partial charge in [0.05, 0.1) is 13.2 Å². The fourth-order valence-corrected chi connectivity index (χ4v) is 4.40. The molecule has 1 aromatic heterocycles. The monoisotopic (exact) mass is 423 g/mol. The lowest BCUT2D eigenvalue weighted by Gasteiger charge is -2.33. The van der Waals surface area contributed by atoms with Crippen LogP contribution in [0.15, 0.2) is 59.8 Å². The predicted octanol–water partition coefficient (Wildman–Crippen LogP) is 3.49. The van der Waals surface area contributed by atoms with Crippen LogP contribution in [-0.2, 0) is 4.79 Å². The molecule has 0 saturated heterocycles. The van der Waals surface area contributed by atoms with Crippen LogP contribution in [0.3, 0.4) is 0 Å². The topological polar surface area (TPSA) is 81.1 Å². The van der Waals surface area contributed by atoms with E-state index < -0.39 is 0 Å². The molecule has 156 valence electrons. The van der Waals surface area contributed by atoms with E-state index in [4.69, 9.17) is 4.74 Å². The molecule has 30 heavy (non-hydrogen) atoms. The number of fused-ring (bicyclic) bond motifs is 1. The van der Waals surface area contributed by atoms with E-state index in [-0.39, 0.29) is 17.2 Å². The summed E-state index contributed by atoms with van der Waals surface area (Å²) in [5, 5.41) is 12.1. The Hall–Kier alpha value is -3.00. The molecule has 0 spiro atoms. The van der Waals surface area contributed by atoms with Gasteiger partial charge in [0.15, 0.2) is 5.82 Å². The number of amides is 1. The van der Waals surface area contributed by atoms with Crippen LogP contribution >= 0.6 is 11.8 Å². The Labute approximate surface area is 180 Å². The van der Waals surface area contributed by atoms with E-state index in [1.165, 1.54) is 11.8 Å². The number of ether oxygens (including phenoxy) is 1. The summed E-state index contributed by atoms with van der Waals surface area (Å²) in [6, 6.07) is 17.4. The van der Waals surface area contributed by atoms with Crippen LogP contribution in [0.25, 0.3) is 11.4 Å². The van der Waals surface area contributed by atoms with Gasteiger partial charge in [-0.2, -0.15) is 0 Å². The molecule has 4 rings (SSSR count). The number of benzene rings is 2. The van der Waals surface area contributed by atoms with Gasteiger partial charge in [-0.25, -0.2) is 4.68 Å². The SMILES string of the molecule is COc1ccc([C@H]2Nn3c(nnc3-c3ccccc3)S[C@@H]2C(=O)NCC(C)C)cc1. The number of aromatic nitrogens is 3. The minimum atomic E-state index is -0.377. The van der Waals surface area contributed by atoms with E-state index in [2.05, 4.69) is 34.8 Å². The highest BCUT2D eigenvalue weighted by Gasteiger charge is 2.38. The Balaban J connectivity index is 1.69. The molecule has 2 N–H and O–H groups in total. The number of nitrogens with zero attached hydrogens (tertiary/aromatic N) is 3. The number of carbonyl (C=O) groups excluding carboxylic acids is 1. The van der Waals surface area contributed by atoms with Crippen molar-refractivity contribution in [1.29, 1.82) is 0 Å². The molecule has 3 aromatic rings. The van der Waals surface area contributed by atoms with Crippen molar-refractivity contribution in [1.82, 2.24) is 20.2 Å². The molecule has 2 atom stereocenters. The zero-order valence-corrected chi connectivity index (χ0v) is 18.0. The molecule has 0 radical (unpaired) electrons. The summed E-state index contributed by atoms with van der Waals surface area (Å²) in [6.45, 7) is 4.79. The van der Waals surface area contributed by atoms with Gasteiger partial charge in [0.25, 0.3) is 0 Å². The fourth-order valence-electron chi connectivity index (χ4n) is 3.30. The highest BCUT2D eigenvalue weighted by Crippen LogP contribution is 2.38. The molecule has 7 nitrogen and oxygen atoms in total. The second kappa shape index (κ2) is 8.79. The van der Waals surface area contributed by atoms with Crippen molar-refractivity contribution < 1.29 is 9.53 Å². The maximum absolute atomic E-state index is 13.0. The second-order valence-electron chi connectivity index (χ2n) is 7.56. The lowest BCUT2D eigenvalue weighted by molar-refractivity contribution is -0.121. The number of carbonyl (C=O) groups is 1. The van der Waals surface area contributed by atoms with Crippen molar-refractivity contribution in [2.75, 3.05) is 19.1 Å². The minimum Gasteiger partial charge on any atom is -0.497 e. The Morgan fingerprint density at radius 3 is 2.57 bits per heavy atom. The predicted molar refractivity (Wildman–Crippen MR) is 118 cm³/mol.